The zero-order valence-corrected chi connectivity index (χ0v) is 17.2. The molecule has 29 heavy (non-hydrogen) atoms. The zero-order valence-electron chi connectivity index (χ0n) is 17.2. The monoisotopic (exact) mass is 390 g/mol. The highest BCUT2D eigenvalue weighted by Gasteiger charge is 2.25. The molecule has 0 spiro atoms. The van der Waals surface area contributed by atoms with Gasteiger partial charge in [-0.25, -0.2) is 4.98 Å². The number of nitrogens with two attached hydrogens (primary N) is 1. The number of piperidine rings is 1. The lowest BCUT2D eigenvalue weighted by atomic mass is 9.91. The van der Waals surface area contributed by atoms with Gasteiger partial charge in [-0.15, -0.1) is 0 Å². The third kappa shape index (κ3) is 3.63. The molecule has 0 radical (unpaired) electrons. The van der Waals surface area contributed by atoms with Crippen LogP contribution in [0.25, 0.3) is 5.65 Å². The molecule has 1 aliphatic carbocycles. The van der Waals surface area contributed by atoms with E-state index in [1.54, 1.807) is 0 Å². The summed E-state index contributed by atoms with van der Waals surface area (Å²) in [4.78, 5) is 14.5. The lowest BCUT2D eigenvalue weighted by molar-refractivity contribution is 0.206. The number of aryl methyl sites for hydroxylation is 1. The van der Waals surface area contributed by atoms with Crippen LogP contribution in [-0.2, 0) is 13.0 Å². The molecule has 1 atom stereocenters. The summed E-state index contributed by atoms with van der Waals surface area (Å²) in [5, 5.41) is 0. The van der Waals surface area contributed by atoms with Crippen molar-refractivity contribution in [3.8, 4) is 0 Å². The number of pyridine rings is 2. The fourth-order valence-electron chi connectivity index (χ4n) is 4.89. The molecule has 2 aliphatic rings. The molecule has 6 nitrogen and oxygen atoms in total. The van der Waals surface area contributed by atoms with E-state index >= 15 is 0 Å². The van der Waals surface area contributed by atoms with Gasteiger partial charge in [0, 0.05) is 38.1 Å². The van der Waals surface area contributed by atoms with E-state index in [0.29, 0.717) is 12.1 Å². The average molecular weight is 391 g/mol. The van der Waals surface area contributed by atoms with Crippen molar-refractivity contribution < 1.29 is 0 Å². The Morgan fingerprint density at radius 3 is 2.86 bits per heavy atom. The quantitative estimate of drug-likeness (QED) is 0.741. The summed E-state index contributed by atoms with van der Waals surface area (Å²) >= 11 is 0. The second-order valence-corrected chi connectivity index (χ2v) is 8.54. The molecule has 3 aromatic heterocycles. The second kappa shape index (κ2) is 7.76. The highest BCUT2D eigenvalue weighted by molar-refractivity contribution is 5.52. The summed E-state index contributed by atoms with van der Waals surface area (Å²) in [5.41, 5.74) is 10.9. The third-order valence-corrected chi connectivity index (χ3v) is 6.49. The van der Waals surface area contributed by atoms with Crippen molar-refractivity contribution in [3.05, 3.63) is 59.7 Å². The number of imidazole rings is 1. The van der Waals surface area contributed by atoms with Gasteiger partial charge in [-0.2, -0.15) is 0 Å². The van der Waals surface area contributed by atoms with Crippen molar-refractivity contribution in [2.45, 2.75) is 50.7 Å². The number of anilines is 1. The van der Waals surface area contributed by atoms with Crippen LogP contribution in [0.3, 0.4) is 0 Å². The first kappa shape index (κ1) is 18.6. The number of rotatable bonds is 4. The Bertz CT molecular complexity index is 988. The highest BCUT2D eigenvalue weighted by atomic mass is 15.2. The van der Waals surface area contributed by atoms with Crippen molar-refractivity contribution in [1.29, 1.82) is 0 Å². The van der Waals surface area contributed by atoms with E-state index in [1.165, 1.54) is 23.5 Å². The summed E-state index contributed by atoms with van der Waals surface area (Å²) in [6.07, 6.45) is 9.76. The van der Waals surface area contributed by atoms with Crippen molar-refractivity contribution in [1.82, 2.24) is 19.3 Å². The molecule has 5 rings (SSSR count). The molecular weight excluding hydrogens is 360 g/mol. The molecule has 1 saturated heterocycles. The Kier molecular flexibility index (Phi) is 4.97. The second-order valence-electron chi connectivity index (χ2n) is 8.54. The Labute approximate surface area is 172 Å². The molecule has 1 fully saturated rings. The third-order valence-electron chi connectivity index (χ3n) is 6.49. The lowest BCUT2D eigenvalue weighted by Crippen LogP contribution is -2.40. The van der Waals surface area contributed by atoms with Gasteiger partial charge < -0.3 is 10.6 Å². The van der Waals surface area contributed by atoms with Crippen LogP contribution in [0.15, 0.2) is 42.7 Å². The van der Waals surface area contributed by atoms with Gasteiger partial charge >= 0.3 is 0 Å². The van der Waals surface area contributed by atoms with Crippen LogP contribution < -0.4 is 10.6 Å². The minimum atomic E-state index is 0.337. The van der Waals surface area contributed by atoms with Gasteiger partial charge in [0.05, 0.1) is 17.4 Å². The van der Waals surface area contributed by atoms with Gasteiger partial charge in [0.25, 0.3) is 0 Å². The predicted octanol–water partition coefficient (Wildman–Crippen LogP) is 3.17. The summed E-state index contributed by atoms with van der Waals surface area (Å²) in [6.45, 7) is 2.85. The summed E-state index contributed by atoms with van der Waals surface area (Å²) in [7, 11) is 2.20. The van der Waals surface area contributed by atoms with Crippen molar-refractivity contribution in [2.75, 3.05) is 25.0 Å². The Hall–Kier alpha value is -2.44. The average Bonchev–Trinajstić information content (AvgIpc) is 3.16. The molecule has 0 amide bonds. The molecule has 3 aromatic rings. The first-order chi connectivity index (χ1) is 14.2. The molecule has 2 N–H and O–H groups in total. The van der Waals surface area contributed by atoms with E-state index in [9.17, 15) is 0 Å². The smallest absolute Gasteiger partial charge is 0.138 e. The fourth-order valence-corrected chi connectivity index (χ4v) is 4.89. The van der Waals surface area contributed by atoms with Gasteiger partial charge in [-0.05, 0) is 62.9 Å². The van der Waals surface area contributed by atoms with E-state index < -0.39 is 0 Å². The van der Waals surface area contributed by atoms with Crippen LogP contribution in [0.1, 0.15) is 48.7 Å². The number of nitrogens with zero attached hydrogens (tertiary/aromatic N) is 5. The van der Waals surface area contributed by atoms with Gasteiger partial charge in [0.2, 0.25) is 0 Å². The van der Waals surface area contributed by atoms with E-state index in [4.69, 9.17) is 15.7 Å². The molecule has 0 bridgehead atoms. The minimum Gasteiger partial charge on any atom is -0.358 e. The maximum atomic E-state index is 6.09. The summed E-state index contributed by atoms with van der Waals surface area (Å²) in [5.74, 6) is 1.22. The molecule has 0 unspecified atom stereocenters. The Morgan fingerprint density at radius 1 is 1.14 bits per heavy atom. The number of fused-ring (bicyclic) bond motifs is 2. The first-order valence-electron chi connectivity index (χ1n) is 10.8. The normalized spacial score (nSPS) is 20.4. The highest BCUT2D eigenvalue weighted by Crippen LogP contribution is 2.32. The summed E-state index contributed by atoms with van der Waals surface area (Å²) in [6, 6.07) is 11.4. The van der Waals surface area contributed by atoms with Crippen molar-refractivity contribution in [2.24, 2.45) is 5.73 Å². The van der Waals surface area contributed by atoms with Crippen LogP contribution in [0, 0.1) is 0 Å². The van der Waals surface area contributed by atoms with Crippen molar-refractivity contribution >= 4 is 11.5 Å². The maximum absolute atomic E-state index is 6.09. The summed E-state index contributed by atoms with van der Waals surface area (Å²) < 4.78 is 2.24. The van der Waals surface area contributed by atoms with Gasteiger partial charge in [0.1, 0.15) is 11.5 Å². The van der Waals surface area contributed by atoms with Crippen LogP contribution in [0.2, 0.25) is 0 Å². The largest absolute Gasteiger partial charge is 0.358 e. The maximum Gasteiger partial charge on any atom is 0.138 e. The van der Waals surface area contributed by atoms with Crippen LogP contribution in [-0.4, -0.2) is 45.4 Å². The van der Waals surface area contributed by atoms with Crippen molar-refractivity contribution in [3.63, 3.8) is 0 Å². The van der Waals surface area contributed by atoms with E-state index in [0.717, 1.165) is 56.7 Å². The van der Waals surface area contributed by atoms with Crippen LogP contribution >= 0.6 is 0 Å². The number of hydrogen-bond donors (Lipinski definition) is 1. The molecule has 6 heteroatoms. The topological polar surface area (TPSA) is 62.7 Å². The van der Waals surface area contributed by atoms with E-state index in [1.807, 2.05) is 6.20 Å². The SMILES string of the molecule is CN(Cc1cn2c(N3CCC(N)CC3)cccc2n1)[C@H]1CCCc2cccnc21. The zero-order chi connectivity index (χ0) is 19.8. The number of hydrogen-bond acceptors (Lipinski definition) is 5. The Morgan fingerprint density at radius 2 is 2.00 bits per heavy atom. The van der Waals surface area contributed by atoms with E-state index in [-0.39, 0.29) is 0 Å². The Balaban J connectivity index is 1.38. The van der Waals surface area contributed by atoms with Gasteiger partial charge in [-0.3, -0.25) is 14.3 Å². The van der Waals surface area contributed by atoms with Gasteiger partial charge in [-0.1, -0.05) is 12.1 Å². The molecule has 1 aliphatic heterocycles. The van der Waals surface area contributed by atoms with Crippen LogP contribution in [0.4, 0.5) is 5.82 Å². The molecule has 0 saturated carbocycles. The molecule has 4 heterocycles. The first-order valence-corrected chi connectivity index (χ1v) is 10.8. The standard InChI is InChI=1S/C23H30N6/c1-27(20-7-2-5-17-6-4-12-25-23(17)20)15-19-16-29-21(26-19)8-3-9-22(29)28-13-10-18(24)11-14-28/h3-4,6,8-9,12,16,18,20H,2,5,7,10-11,13-15,24H2,1H3/t20-/m0/s1. The number of aromatic nitrogens is 3. The predicted molar refractivity (Wildman–Crippen MR) is 116 cm³/mol. The molecular formula is C23H30N6. The lowest BCUT2D eigenvalue weighted by Gasteiger charge is -2.32. The minimum absolute atomic E-state index is 0.337. The fraction of sp³-hybridized carbons (Fsp3) is 0.478. The molecule has 152 valence electrons. The van der Waals surface area contributed by atoms with Gasteiger partial charge in [0.15, 0.2) is 0 Å². The molecule has 0 aromatic carbocycles. The van der Waals surface area contributed by atoms with Crippen LogP contribution in [0.5, 0.6) is 0 Å². The van der Waals surface area contributed by atoms with E-state index in [2.05, 4.69) is 57.8 Å².